The maximum Gasteiger partial charge on any atom is 0.138 e. The fraction of sp³-hybridized carbons (Fsp3) is 0.929. The Hall–Kier alpha value is -0.370. The Balaban J connectivity index is 3.66. The highest BCUT2D eigenvalue weighted by Crippen LogP contribution is 2.29. The average molecular weight is 228 g/mol. The maximum absolute atomic E-state index is 12.0. The molecular formula is C14H28O2. The molecule has 0 aromatic heterocycles. The van der Waals surface area contributed by atoms with Crippen LogP contribution in [0.15, 0.2) is 0 Å². The fourth-order valence-electron chi connectivity index (χ4n) is 1.57. The highest BCUT2D eigenvalue weighted by atomic mass is 16.2. The largest absolute Gasteiger partial charge is 0.396 e. The van der Waals surface area contributed by atoms with Crippen molar-refractivity contribution in [3.63, 3.8) is 0 Å². The van der Waals surface area contributed by atoms with E-state index in [1.165, 1.54) is 0 Å². The van der Waals surface area contributed by atoms with E-state index >= 15 is 0 Å². The third kappa shape index (κ3) is 5.64. The summed E-state index contributed by atoms with van der Waals surface area (Å²) in [6.07, 6.45) is 5.93. The number of carbonyl (C=O) groups is 1. The molecular weight excluding hydrogens is 200 g/mol. The van der Waals surface area contributed by atoms with E-state index in [2.05, 4.69) is 13.8 Å². The van der Waals surface area contributed by atoms with Crippen molar-refractivity contribution >= 4 is 5.78 Å². The molecule has 0 aliphatic heterocycles. The number of hydrogen-bond acceptors (Lipinski definition) is 2. The number of aliphatic hydroxyl groups excluding tert-OH is 1. The van der Waals surface area contributed by atoms with Gasteiger partial charge in [0.25, 0.3) is 0 Å². The van der Waals surface area contributed by atoms with Gasteiger partial charge >= 0.3 is 0 Å². The summed E-state index contributed by atoms with van der Waals surface area (Å²) >= 11 is 0. The SMILES string of the molecule is CC(C)C(C)(C)C(=O)CCCCCCCO. The van der Waals surface area contributed by atoms with E-state index in [4.69, 9.17) is 5.11 Å². The second-order valence-electron chi connectivity index (χ2n) is 5.54. The minimum absolute atomic E-state index is 0.175. The van der Waals surface area contributed by atoms with Crippen molar-refractivity contribution < 1.29 is 9.90 Å². The molecule has 16 heavy (non-hydrogen) atoms. The highest BCUT2D eigenvalue weighted by Gasteiger charge is 2.29. The van der Waals surface area contributed by atoms with Crippen LogP contribution in [0.1, 0.15) is 66.2 Å². The third-order valence-corrected chi connectivity index (χ3v) is 3.72. The van der Waals surface area contributed by atoms with E-state index in [0.717, 1.165) is 32.1 Å². The zero-order valence-electron chi connectivity index (χ0n) is 11.4. The van der Waals surface area contributed by atoms with Gasteiger partial charge in [0.05, 0.1) is 0 Å². The molecule has 2 heteroatoms. The minimum atomic E-state index is -0.175. The minimum Gasteiger partial charge on any atom is -0.396 e. The Morgan fingerprint density at radius 1 is 1.06 bits per heavy atom. The summed E-state index contributed by atoms with van der Waals surface area (Å²) in [6, 6.07) is 0. The van der Waals surface area contributed by atoms with Gasteiger partial charge in [-0.25, -0.2) is 0 Å². The molecule has 0 unspecified atom stereocenters. The van der Waals surface area contributed by atoms with Gasteiger partial charge in [0.2, 0.25) is 0 Å². The fourth-order valence-corrected chi connectivity index (χ4v) is 1.57. The average Bonchev–Trinajstić information content (AvgIpc) is 2.22. The van der Waals surface area contributed by atoms with Crippen molar-refractivity contribution in [2.75, 3.05) is 6.61 Å². The standard InChI is InChI=1S/C14H28O2/c1-12(2)14(3,4)13(16)10-8-6-5-7-9-11-15/h12,15H,5-11H2,1-4H3. The van der Waals surface area contributed by atoms with Crippen molar-refractivity contribution in [1.82, 2.24) is 0 Å². The predicted octanol–water partition coefficient (Wildman–Crippen LogP) is 3.57. The van der Waals surface area contributed by atoms with Crippen LogP contribution in [0, 0.1) is 11.3 Å². The Labute approximate surface area is 100 Å². The summed E-state index contributed by atoms with van der Waals surface area (Å²) in [5, 5.41) is 8.62. The van der Waals surface area contributed by atoms with Crippen LogP contribution in [0.4, 0.5) is 0 Å². The molecule has 0 aromatic carbocycles. The van der Waals surface area contributed by atoms with Gasteiger partial charge in [-0.2, -0.15) is 0 Å². The Bertz CT molecular complexity index is 195. The zero-order chi connectivity index (χ0) is 12.6. The van der Waals surface area contributed by atoms with E-state index in [1.54, 1.807) is 0 Å². The summed E-state index contributed by atoms with van der Waals surface area (Å²) in [4.78, 5) is 12.0. The highest BCUT2D eigenvalue weighted by molar-refractivity contribution is 5.84. The maximum atomic E-state index is 12.0. The van der Waals surface area contributed by atoms with Crippen molar-refractivity contribution in [3.05, 3.63) is 0 Å². The van der Waals surface area contributed by atoms with Crippen molar-refractivity contribution in [2.24, 2.45) is 11.3 Å². The number of unbranched alkanes of at least 4 members (excludes halogenated alkanes) is 4. The van der Waals surface area contributed by atoms with E-state index < -0.39 is 0 Å². The zero-order valence-corrected chi connectivity index (χ0v) is 11.4. The van der Waals surface area contributed by atoms with Crippen LogP contribution in [0.25, 0.3) is 0 Å². The third-order valence-electron chi connectivity index (χ3n) is 3.72. The van der Waals surface area contributed by atoms with Gasteiger partial charge in [-0.1, -0.05) is 47.0 Å². The molecule has 0 amide bonds. The van der Waals surface area contributed by atoms with Crippen molar-refractivity contribution in [1.29, 1.82) is 0 Å². The molecule has 0 fully saturated rings. The predicted molar refractivity (Wildman–Crippen MR) is 68.4 cm³/mol. The Morgan fingerprint density at radius 2 is 1.56 bits per heavy atom. The van der Waals surface area contributed by atoms with Crippen LogP contribution in [-0.4, -0.2) is 17.5 Å². The van der Waals surface area contributed by atoms with Gasteiger partial charge in [0.15, 0.2) is 0 Å². The monoisotopic (exact) mass is 228 g/mol. The lowest BCUT2D eigenvalue weighted by atomic mass is 9.76. The van der Waals surface area contributed by atoms with Crippen LogP contribution in [0.3, 0.4) is 0 Å². The van der Waals surface area contributed by atoms with Gasteiger partial charge in [0.1, 0.15) is 5.78 Å². The lowest BCUT2D eigenvalue weighted by molar-refractivity contribution is -0.129. The quantitative estimate of drug-likeness (QED) is 0.613. The van der Waals surface area contributed by atoms with E-state index in [1.807, 2.05) is 13.8 Å². The summed E-state index contributed by atoms with van der Waals surface area (Å²) in [5.41, 5.74) is -0.175. The Kier molecular flexibility index (Phi) is 7.65. The molecule has 0 saturated carbocycles. The first-order valence-electron chi connectivity index (χ1n) is 6.57. The second-order valence-corrected chi connectivity index (χ2v) is 5.54. The molecule has 0 saturated heterocycles. The van der Waals surface area contributed by atoms with Crippen molar-refractivity contribution in [3.8, 4) is 0 Å². The molecule has 0 heterocycles. The normalized spacial score (nSPS) is 12.1. The molecule has 2 nitrogen and oxygen atoms in total. The lowest BCUT2D eigenvalue weighted by Gasteiger charge is -2.27. The molecule has 0 aliphatic rings. The number of aliphatic hydroxyl groups is 1. The van der Waals surface area contributed by atoms with Crippen LogP contribution < -0.4 is 0 Å². The molecule has 0 aromatic rings. The number of Topliss-reactive ketones (excluding diaryl/α,β-unsaturated/α-hetero) is 1. The van der Waals surface area contributed by atoms with Gasteiger partial charge in [-0.05, 0) is 18.8 Å². The molecule has 1 N–H and O–H groups in total. The van der Waals surface area contributed by atoms with Crippen LogP contribution in [0.5, 0.6) is 0 Å². The van der Waals surface area contributed by atoms with Gasteiger partial charge in [-0.3, -0.25) is 4.79 Å². The second kappa shape index (κ2) is 7.83. The van der Waals surface area contributed by atoms with Gasteiger partial charge in [-0.15, -0.1) is 0 Å². The summed E-state index contributed by atoms with van der Waals surface area (Å²) in [6.45, 7) is 8.61. The van der Waals surface area contributed by atoms with Gasteiger partial charge in [0, 0.05) is 18.4 Å². The van der Waals surface area contributed by atoms with Crippen LogP contribution in [0.2, 0.25) is 0 Å². The van der Waals surface area contributed by atoms with Crippen molar-refractivity contribution in [2.45, 2.75) is 66.2 Å². The van der Waals surface area contributed by atoms with Crippen LogP contribution >= 0.6 is 0 Å². The topological polar surface area (TPSA) is 37.3 Å². The molecule has 96 valence electrons. The smallest absolute Gasteiger partial charge is 0.138 e. The molecule has 0 bridgehead atoms. The molecule has 0 rings (SSSR count). The number of carbonyl (C=O) groups excluding carboxylic acids is 1. The lowest BCUT2D eigenvalue weighted by Crippen LogP contribution is -2.29. The summed E-state index contributed by atoms with van der Waals surface area (Å²) < 4.78 is 0. The number of rotatable bonds is 9. The van der Waals surface area contributed by atoms with Gasteiger partial charge < -0.3 is 5.11 Å². The molecule has 0 radical (unpaired) electrons. The van der Waals surface area contributed by atoms with Crippen LogP contribution in [-0.2, 0) is 4.79 Å². The molecule has 0 atom stereocenters. The van der Waals surface area contributed by atoms with E-state index in [9.17, 15) is 4.79 Å². The van der Waals surface area contributed by atoms with E-state index in [0.29, 0.717) is 24.7 Å². The molecule has 0 spiro atoms. The first-order valence-corrected chi connectivity index (χ1v) is 6.57. The first-order chi connectivity index (χ1) is 7.42. The summed E-state index contributed by atoms with van der Waals surface area (Å²) in [5.74, 6) is 0.805. The molecule has 0 aliphatic carbocycles. The van der Waals surface area contributed by atoms with E-state index in [-0.39, 0.29) is 5.41 Å². The summed E-state index contributed by atoms with van der Waals surface area (Å²) in [7, 11) is 0. The number of hydrogen-bond donors (Lipinski definition) is 1. The number of ketones is 1. The Morgan fingerprint density at radius 3 is 2.06 bits per heavy atom. The first kappa shape index (κ1) is 15.6.